The lowest BCUT2D eigenvalue weighted by Crippen LogP contribution is -2.43. The summed E-state index contributed by atoms with van der Waals surface area (Å²) in [4.78, 5) is 19.5. The Bertz CT molecular complexity index is 387. The van der Waals surface area contributed by atoms with Crippen LogP contribution in [0.15, 0.2) is 0 Å². The van der Waals surface area contributed by atoms with Crippen molar-refractivity contribution in [3.05, 3.63) is 0 Å². The first-order chi connectivity index (χ1) is 9.94. The zero-order chi connectivity index (χ0) is 19.2. The monoisotopic (exact) mass is 367 g/mol. The Morgan fingerprint density at radius 2 is 1.30 bits per heavy atom. The van der Waals surface area contributed by atoms with Crippen molar-refractivity contribution in [1.29, 1.82) is 0 Å². The van der Waals surface area contributed by atoms with Gasteiger partial charge in [-0.1, -0.05) is 0 Å². The maximum absolute atomic E-state index is 12.0. The SMILES string of the molecule is COC(=O)C(N)CC(C(F)(F)F)C(F)(F)F.O=C(O)C(F)(F)F. The lowest BCUT2D eigenvalue weighted by Gasteiger charge is -2.24. The molecule has 5 nitrogen and oxygen atoms in total. The first kappa shape index (κ1) is 23.5. The molecule has 3 N–H and O–H groups in total. The van der Waals surface area contributed by atoms with Crippen LogP contribution in [0.2, 0.25) is 0 Å². The van der Waals surface area contributed by atoms with Gasteiger partial charge in [-0.2, -0.15) is 39.5 Å². The Kier molecular flexibility index (Phi) is 8.41. The van der Waals surface area contributed by atoms with Gasteiger partial charge < -0.3 is 15.6 Å². The summed E-state index contributed by atoms with van der Waals surface area (Å²) in [5, 5.41) is 7.12. The lowest BCUT2D eigenvalue weighted by molar-refractivity contribution is -0.286. The first-order valence-electron chi connectivity index (χ1n) is 5.21. The highest BCUT2D eigenvalue weighted by Crippen LogP contribution is 2.41. The lowest BCUT2D eigenvalue weighted by atomic mass is 9.99. The van der Waals surface area contributed by atoms with Gasteiger partial charge in [0, 0.05) is 0 Å². The number of carbonyl (C=O) groups is 2. The standard InChI is InChI=1S/C7H9F6NO2.C2HF3O2/c1-16-5(15)3(14)2-4(6(8,9)10)7(11,12)13;3-2(4,5)1(6)7/h3-4H,2,14H2,1H3;(H,6,7). The Labute approximate surface area is 122 Å². The van der Waals surface area contributed by atoms with Crippen molar-refractivity contribution in [1.82, 2.24) is 0 Å². The van der Waals surface area contributed by atoms with Crippen LogP contribution in [0, 0.1) is 5.92 Å². The van der Waals surface area contributed by atoms with Crippen molar-refractivity contribution in [2.24, 2.45) is 11.7 Å². The van der Waals surface area contributed by atoms with E-state index in [9.17, 15) is 44.3 Å². The molecule has 23 heavy (non-hydrogen) atoms. The summed E-state index contributed by atoms with van der Waals surface area (Å²) in [5.74, 6) is -7.71. The number of methoxy groups -OCH3 is 1. The second-order valence-electron chi connectivity index (χ2n) is 3.80. The minimum Gasteiger partial charge on any atom is -0.475 e. The molecule has 0 heterocycles. The Balaban J connectivity index is 0. The molecule has 1 unspecified atom stereocenters. The molecule has 0 fully saturated rings. The summed E-state index contributed by atoms with van der Waals surface area (Å²) in [6.45, 7) is 0. The number of esters is 1. The summed E-state index contributed by atoms with van der Waals surface area (Å²) in [5.41, 5.74) is 4.85. The van der Waals surface area contributed by atoms with Gasteiger partial charge in [0.1, 0.15) is 6.04 Å². The fraction of sp³-hybridized carbons (Fsp3) is 0.778. The predicted molar refractivity (Wildman–Crippen MR) is 53.9 cm³/mol. The molecule has 0 saturated carbocycles. The third-order valence-electron chi connectivity index (χ3n) is 2.03. The van der Waals surface area contributed by atoms with Gasteiger partial charge in [-0.3, -0.25) is 4.79 Å². The molecule has 0 aliphatic rings. The van der Waals surface area contributed by atoms with E-state index in [0.29, 0.717) is 0 Å². The average molecular weight is 367 g/mol. The van der Waals surface area contributed by atoms with E-state index in [0.717, 1.165) is 7.11 Å². The fourth-order valence-electron chi connectivity index (χ4n) is 0.954. The van der Waals surface area contributed by atoms with Gasteiger partial charge in [0.25, 0.3) is 0 Å². The molecular formula is C9H10F9NO4. The van der Waals surface area contributed by atoms with E-state index in [2.05, 4.69) is 4.74 Å². The highest BCUT2D eigenvalue weighted by Gasteiger charge is 2.57. The van der Waals surface area contributed by atoms with E-state index in [1.807, 2.05) is 0 Å². The van der Waals surface area contributed by atoms with Crippen molar-refractivity contribution in [2.75, 3.05) is 7.11 Å². The number of ether oxygens (including phenoxy) is 1. The maximum Gasteiger partial charge on any atom is 0.490 e. The van der Waals surface area contributed by atoms with Crippen LogP contribution in [0.4, 0.5) is 39.5 Å². The molecule has 0 aromatic rings. The Morgan fingerprint density at radius 1 is 1.00 bits per heavy atom. The molecule has 0 radical (unpaired) electrons. The van der Waals surface area contributed by atoms with Crippen molar-refractivity contribution < 1.29 is 58.9 Å². The average Bonchev–Trinajstić information content (AvgIpc) is 2.31. The van der Waals surface area contributed by atoms with Crippen molar-refractivity contribution in [3.8, 4) is 0 Å². The first-order valence-corrected chi connectivity index (χ1v) is 5.21. The number of hydrogen-bond donors (Lipinski definition) is 2. The van der Waals surface area contributed by atoms with E-state index in [-0.39, 0.29) is 0 Å². The molecule has 0 rings (SSSR count). The van der Waals surface area contributed by atoms with E-state index >= 15 is 0 Å². The number of alkyl halides is 9. The van der Waals surface area contributed by atoms with E-state index in [1.54, 1.807) is 0 Å². The van der Waals surface area contributed by atoms with Crippen LogP contribution < -0.4 is 5.73 Å². The van der Waals surface area contributed by atoms with Gasteiger partial charge in [-0.15, -0.1) is 0 Å². The quantitative estimate of drug-likeness (QED) is 0.590. The molecule has 14 heteroatoms. The number of carbonyl (C=O) groups excluding carboxylic acids is 1. The molecule has 0 aromatic carbocycles. The molecule has 0 saturated heterocycles. The number of rotatable bonds is 3. The molecule has 0 amide bonds. The van der Waals surface area contributed by atoms with Crippen LogP contribution in [-0.4, -0.2) is 48.7 Å². The molecule has 0 aromatic heterocycles. The van der Waals surface area contributed by atoms with Gasteiger partial charge in [0.05, 0.1) is 7.11 Å². The predicted octanol–water partition coefficient (Wildman–Crippen LogP) is 2.25. The van der Waals surface area contributed by atoms with Gasteiger partial charge in [0.2, 0.25) is 0 Å². The summed E-state index contributed by atoms with van der Waals surface area (Å²) in [6.07, 6.45) is -17.7. The normalized spacial score (nSPS) is 13.9. The van der Waals surface area contributed by atoms with Gasteiger partial charge in [0.15, 0.2) is 5.92 Å². The Morgan fingerprint density at radius 3 is 1.48 bits per heavy atom. The summed E-state index contributed by atoms with van der Waals surface area (Å²) >= 11 is 0. The third-order valence-corrected chi connectivity index (χ3v) is 2.03. The molecule has 1 atom stereocenters. The highest BCUT2D eigenvalue weighted by molar-refractivity contribution is 5.75. The minimum atomic E-state index is -5.50. The summed E-state index contributed by atoms with van der Waals surface area (Å²) < 4.78 is 108. The number of hydrogen-bond acceptors (Lipinski definition) is 4. The van der Waals surface area contributed by atoms with Crippen LogP contribution in [0.3, 0.4) is 0 Å². The second kappa shape index (κ2) is 8.21. The van der Waals surface area contributed by atoms with Gasteiger partial charge in [-0.05, 0) is 6.42 Å². The van der Waals surface area contributed by atoms with Crippen LogP contribution in [0.1, 0.15) is 6.42 Å². The Hall–Kier alpha value is -1.73. The van der Waals surface area contributed by atoms with Gasteiger partial charge >= 0.3 is 30.5 Å². The van der Waals surface area contributed by atoms with Crippen LogP contribution >= 0.6 is 0 Å². The van der Waals surface area contributed by atoms with Crippen molar-refractivity contribution in [2.45, 2.75) is 31.0 Å². The molecule has 0 aliphatic carbocycles. The van der Waals surface area contributed by atoms with E-state index < -0.39 is 48.8 Å². The highest BCUT2D eigenvalue weighted by atomic mass is 19.4. The minimum absolute atomic E-state index is 0.818. The summed E-state index contributed by atoms with van der Waals surface area (Å²) in [7, 11) is 0.818. The van der Waals surface area contributed by atoms with E-state index in [1.165, 1.54) is 0 Å². The molecule has 0 spiro atoms. The molecule has 0 bridgehead atoms. The van der Waals surface area contributed by atoms with Crippen molar-refractivity contribution >= 4 is 11.9 Å². The maximum atomic E-state index is 12.0. The molecule has 138 valence electrons. The molecule has 0 aliphatic heterocycles. The number of carboxylic acid groups (broad SMARTS) is 1. The number of aliphatic carboxylic acids is 1. The summed E-state index contributed by atoms with van der Waals surface area (Å²) in [6, 6.07) is -1.96. The number of halogens is 9. The number of carboxylic acids is 1. The zero-order valence-electron chi connectivity index (χ0n) is 11.0. The molecular weight excluding hydrogens is 357 g/mol. The van der Waals surface area contributed by atoms with E-state index in [4.69, 9.17) is 15.6 Å². The topological polar surface area (TPSA) is 89.6 Å². The fourth-order valence-corrected chi connectivity index (χ4v) is 0.954. The van der Waals surface area contributed by atoms with Crippen LogP contribution in [0.5, 0.6) is 0 Å². The van der Waals surface area contributed by atoms with Gasteiger partial charge in [-0.25, -0.2) is 4.79 Å². The zero-order valence-corrected chi connectivity index (χ0v) is 11.0. The third kappa shape index (κ3) is 9.80. The largest absolute Gasteiger partial charge is 0.490 e. The number of nitrogens with two attached hydrogens (primary N) is 1. The smallest absolute Gasteiger partial charge is 0.475 e. The second-order valence-corrected chi connectivity index (χ2v) is 3.80. The van der Waals surface area contributed by atoms with Crippen LogP contribution in [0.25, 0.3) is 0 Å². The van der Waals surface area contributed by atoms with Crippen LogP contribution in [-0.2, 0) is 14.3 Å². The van der Waals surface area contributed by atoms with Crippen molar-refractivity contribution in [3.63, 3.8) is 0 Å².